The fourth-order valence-corrected chi connectivity index (χ4v) is 3.46. The Hall–Kier alpha value is -3.43. The number of nitrogens with zero attached hydrogens (tertiary/aromatic N) is 5. The van der Waals surface area contributed by atoms with Crippen molar-refractivity contribution < 1.29 is 13.9 Å². The van der Waals surface area contributed by atoms with Gasteiger partial charge in [-0.1, -0.05) is 0 Å². The van der Waals surface area contributed by atoms with Crippen LogP contribution in [0.3, 0.4) is 0 Å². The predicted molar refractivity (Wildman–Crippen MR) is 99.3 cm³/mol. The van der Waals surface area contributed by atoms with Gasteiger partial charge >= 0.3 is 11.7 Å². The molecular weight excluding hydrogens is 369 g/mol. The van der Waals surface area contributed by atoms with Crippen molar-refractivity contribution in [1.82, 2.24) is 18.7 Å². The molecule has 0 saturated heterocycles. The van der Waals surface area contributed by atoms with Gasteiger partial charge in [-0.15, -0.1) is 0 Å². The highest BCUT2D eigenvalue weighted by Crippen LogP contribution is 2.30. The summed E-state index contributed by atoms with van der Waals surface area (Å²) in [6, 6.07) is 5.99. The number of ether oxygens (including phenoxy) is 1. The van der Waals surface area contributed by atoms with Crippen molar-refractivity contribution in [2.24, 2.45) is 7.05 Å². The van der Waals surface area contributed by atoms with Crippen LogP contribution in [-0.2, 0) is 29.7 Å². The van der Waals surface area contributed by atoms with Crippen LogP contribution in [0.2, 0.25) is 0 Å². The summed E-state index contributed by atoms with van der Waals surface area (Å²) < 4.78 is 21.7. The van der Waals surface area contributed by atoms with E-state index in [1.807, 2.05) is 4.90 Å². The summed E-state index contributed by atoms with van der Waals surface area (Å²) in [6.45, 7) is 0.703. The van der Waals surface area contributed by atoms with E-state index in [4.69, 9.17) is 0 Å². The van der Waals surface area contributed by atoms with Gasteiger partial charge in [0.2, 0.25) is 5.95 Å². The minimum absolute atomic E-state index is 0.236. The molecule has 0 spiro atoms. The van der Waals surface area contributed by atoms with E-state index in [-0.39, 0.29) is 17.0 Å². The number of hydrogen-bond acceptors (Lipinski definition) is 6. The molecule has 146 valence electrons. The number of esters is 1. The molecule has 1 aromatic carbocycles. The number of methoxy groups -OCH3 is 1. The van der Waals surface area contributed by atoms with Gasteiger partial charge in [0.25, 0.3) is 5.56 Å². The van der Waals surface area contributed by atoms with E-state index in [9.17, 15) is 18.8 Å². The molecule has 0 fully saturated rings. The molecule has 28 heavy (non-hydrogen) atoms. The Kier molecular flexibility index (Phi) is 4.25. The van der Waals surface area contributed by atoms with E-state index in [2.05, 4.69) is 9.72 Å². The molecule has 0 N–H and O–H groups in total. The van der Waals surface area contributed by atoms with Crippen molar-refractivity contribution >= 4 is 28.8 Å². The highest BCUT2D eigenvalue weighted by Gasteiger charge is 2.27. The summed E-state index contributed by atoms with van der Waals surface area (Å²) in [5.41, 5.74) is -0.0274. The Morgan fingerprint density at radius 2 is 1.93 bits per heavy atom. The summed E-state index contributed by atoms with van der Waals surface area (Å²) in [5, 5.41) is 0. The molecule has 0 radical (unpaired) electrons. The van der Waals surface area contributed by atoms with Gasteiger partial charge < -0.3 is 14.2 Å². The van der Waals surface area contributed by atoms with Crippen molar-refractivity contribution in [3.8, 4) is 0 Å². The molecule has 0 aliphatic carbocycles. The van der Waals surface area contributed by atoms with Gasteiger partial charge in [0.15, 0.2) is 11.2 Å². The van der Waals surface area contributed by atoms with Gasteiger partial charge in [0.05, 0.1) is 7.11 Å². The second kappa shape index (κ2) is 6.63. The molecule has 3 heterocycles. The van der Waals surface area contributed by atoms with Gasteiger partial charge in [-0.05, 0) is 30.7 Å². The zero-order chi connectivity index (χ0) is 20.0. The molecule has 0 atom stereocenters. The quantitative estimate of drug-likeness (QED) is 0.616. The van der Waals surface area contributed by atoms with Gasteiger partial charge in [0, 0.05) is 25.8 Å². The lowest BCUT2D eigenvalue weighted by Crippen LogP contribution is -2.41. The third kappa shape index (κ3) is 2.68. The summed E-state index contributed by atoms with van der Waals surface area (Å²) in [5.74, 6) is -0.539. The number of anilines is 2. The molecule has 0 amide bonds. The average Bonchev–Trinajstić information content (AvgIpc) is 3.10. The normalized spacial score (nSPS) is 13.6. The van der Waals surface area contributed by atoms with E-state index in [0.717, 1.165) is 16.7 Å². The first kappa shape index (κ1) is 18.0. The number of imidazole rings is 1. The molecule has 0 unspecified atom stereocenters. The average molecular weight is 387 g/mol. The number of hydrogen-bond donors (Lipinski definition) is 0. The van der Waals surface area contributed by atoms with Crippen LogP contribution in [0.25, 0.3) is 11.2 Å². The van der Waals surface area contributed by atoms with E-state index in [0.29, 0.717) is 19.0 Å². The zero-order valence-electron chi connectivity index (χ0n) is 15.4. The SMILES string of the molecule is COC(=O)Cn1c(=O)c2c(nc3n2CCCN3c2ccc(F)cc2)n(C)c1=O. The van der Waals surface area contributed by atoms with Crippen LogP contribution in [0.4, 0.5) is 16.0 Å². The minimum atomic E-state index is -0.690. The summed E-state index contributed by atoms with van der Waals surface area (Å²) in [4.78, 5) is 43.6. The van der Waals surface area contributed by atoms with Gasteiger partial charge in [0.1, 0.15) is 12.4 Å². The molecule has 0 bridgehead atoms. The second-order valence-electron chi connectivity index (χ2n) is 6.53. The maximum absolute atomic E-state index is 13.3. The van der Waals surface area contributed by atoms with E-state index in [1.54, 1.807) is 16.7 Å². The molecule has 2 aromatic heterocycles. The molecule has 1 aliphatic rings. The van der Waals surface area contributed by atoms with Gasteiger partial charge in [-0.3, -0.25) is 14.2 Å². The predicted octanol–water partition coefficient (Wildman–Crippen LogP) is 0.751. The molecular formula is C18H18FN5O4. The van der Waals surface area contributed by atoms with Crippen molar-refractivity contribution in [3.05, 3.63) is 50.9 Å². The van der Waals surface area contributed by atoms with Crippen molar-refractivity contribution in [1.29, 1.82) is 0 Å². The third-order valence-corrected chi connectivity index (χ3v) is 4.87. The number of carbonyl (C=O) groups is 1. The summed E-state index contributed by atoms with van der Waals surface area (Å²) in [7, 11) is 2.69. The number of carbonyl (C=O) groups excluding carboxylic acids is 1. The third-order valence-electron chi connectivity index (χ3n) is 4.87. The first-order chi connectivity index (χ1) is 13.4. The number of aromatic nitrogens is 4. The molecule has 10 heteroatoms. The van der Waals surface area contributed by atoms with Crippen LogP contribution < -0.4 is 16.1 Å². The Morgan fingerprint density at radius 3 is 2.61 bits per heavy atom. The monoisotopic (exact) mass is 387 g/mol. The molecule has 9 nitrogen and oxygen atoms in total. The van der Waals surface area contributed by atoms with Crippen LogP contribution in [0.5, 0.6) is 0 Å². The van der Waals surface area contributed by atoms with Crippen LogP contribution in [-0.4, -0.2) is 38.3 Å². The van der Waals surface area contributed by atoms with Gasteiger partial charge in [-0.2, -0.15) is 4.98 Å². The molecule has 3 aromatic rings. The first-order valence-electron chi connectivity index (χ1n) is 8.72. The molecule has 0 saturated carbocycles. The number of fused-ring (bicyclic) bond motifs is 3. The highest BCUT2D eigenvalue weighted by molar-refractivity contribution is 5.77. The summed E-state index contributed by atoms with van der Waals surface area (Å²) in [6.07, 6.45) is 0.731. The fraction of sp³-hybridized carbons (Fsp3) is 0.333. The Morgan fingerprint density at radius 1 is 1.21 bits per heavy atom. The Balaban J connectivity index is 1.95. The van der Waals surface area contributed by atoms with Gasteiger partial charge in [-0.25, -0.2) is 13.8 Å². The maximum Gasteiger partial charge on any atom is 0.333 e. The second-order valence-corrected chi connectivity index (χ2v) is 6.53. The van der Waals surface area contributed by atoms with Crippen molar-refractivity contribution in [2.75, 3.05) is 18.6 Å². The minimum Gasteiger partial charge on any atom is -0.468 e. The maximum atomic E-state index is 13.3. The largest absolute Gasteiger partial charge is 0.468 e. The smallest absolute Gasteiger partial charge is 0.333 e. The standard InChI is InChI=1S/C18H18FN5O4/c1-21-15-14(16(26)24(18(21)27)10-13(25)28-2)23-9-3-8-22(17(23)20-15)12-6-4-11(19)5-7-12/h4-7H,3,8-10H2,1-2H3. The lowest BCUT2D eigenvalue weighted by atomic mass is 10.2. The molecule has 1 aliphatic heterocycles. The first-order valence-corrected chi connectivity index (χ1v) is 8.72. The highest BCUT2D eigenvalue weighted by atomic mass is 19.1. The lowest BCUT2D eigenvalue weighted by molar-refractivity contribution is -0.141. The van der Waals surface area contributed by atoms with E-state index >= 15 is 0 Å². The topological polar surface area (TPSA) is 91.4 Å². The molecule has 4 rings (SSSR count). The number of benzene rings is 1. The van der Waals surface area contributed by atoms with E-state index in [1.165, 1.54) is 30.9 Å². The van der Waals surface area contributed by atoms with Crippen molar-refractivity contribution in [3.63, 3.8) is 0 Å². The van der Waals surface area contributed by atoms with Crippen LogP contribution in [0.15, 0.2) is 33.9 Å². The van der Waals surface area contributed by atoms with Crippen LogP contribution in [0.1, 0.15) is 6.42 Å². The van der Waals surface area contributed by atoms with Crippen LogP contribution >= 0.6 is 0 Å². The van der Waals surface area contributed by atoms with Crippen molar-refractivity contribution in [2.45, 2.75) is 19.5 Å². The number of rotatable bonds is 3. The Labute approximate surface area is 158 Å². The lowest BCUT2D eigenvalue weighted by Gasteiger charge is -2.29. The van der Waals surface area contributed by atoms with Crippen LogP contribution in [0, 0.1) is 5.82 Å². The zero-order valence-corrected chi connectivity index (χ0v) is 15.4. The Bertz CT molecular complexity index is 1190. The fourth-order valence-electron chi connectivity index (χ4n) is 3.46. The summed E-state index contributed by atoms with van der Waals surface area (Å²) >= 11 is 0. The number of halogens is 1. The number of aryl methyl sites for hydroxylation is 2. The van der Waals surface area contributed by atoms with E-state index < -0.39 is 23.8 Å².